The normalized spacial score (nSPS) is 11.2. The highest BCUT2D eigenvalue weighted by atomic mass is 32.1. The maximum atomic E-state index is 12.8. The van der Waals surface area contributed by atoms with Gasteiger partial charge in [0, 0.05) is 11.1 Å². The number of aryl methyl sites for hydroxylation is 5. The van der Waals surface area contributed by atoms with Crippen molar-refractivity contribution >= 4 is 28.9 Å². The molecule has 2 rings (SSSR count). The van der Waals surface area contributed by atoms with E-state index in [1.165, 1.54) is 11.1 Å². The smallest absolute Gasteiger partial charge is 0.231 e. The van der Waals surface area contributed by atoms with Crippen molar-refractivity contribution in [2.24, 2.45) is 5.41 Å². The molecule has 0 saturated carbocycles. The van der Waals surface area contributed by atoms with Gasteiger partial charge in [-0.25, -0.2) is 0 Å². The maximum absolute atomic E-state index is 12.8. The van der Waals surface area contributed by atoms with E-state index < -0.39 is 5.41 Å². The summed E-state index contributed by atoms with van der Waals surface area (Å²) in [7, 11) is 0. The van der Waals surface area contributed by atoms with E-state index in [9.17, 15) is 4.79 Å². The van der Waals surface area contributed by atoms with E-state index in [1.807, 2.05) is 40.7 Å². The molecule has 0 aliphatic heterocycles. The molecule has 162 valence electrons. The Morgan fingerprint density at radius 2 is 1.60 bits per heavy atom. The predicted octanol–water partition coefficient (Wildman–Crippen LogP) is 5.93. The van der Waals surface area contributed by atoms with Gasteiger partial charge in [-0.05, 0) is 88.0 Å². The first kappa shape index (κ1) is 23.9. The number of benzene rings is 2. The number of hydrogen-bond donors (Lipinski definition) is 2. The van der Waals surface area contributed by atoms with Crippen LogP contribution in [-0.4, -0.2) is 17.6 Å². The maximum Gasteiger partial charge on any atom is 0.231 e. The van der Waals surface area contributed by atoms with Gasteiger partial charge in [0.2, 0.25) is 5.91 Å². The SMILES string of the molecule is Cc1cc(C)c(NC(=S)NC(=O)C(C)(C)CCCOc2cc(C)ccc2C)c(C)c1. The van der Waals surface area contributed by atoms with Gasteiger partial charge < -0.3 is 15.4 Å². The minimum atomic E-state index is -0.548. The topological polar surface area (TPSA) is 50.4 Å². The Morgan fingerprint density at radius 1 is 0.967 bits per heavy atom. The molecule has 0 atom stereocenters. The third-order valence-electron chi connectivity index (χ3n) is 5.30. The number of hydrogen-bond acceptors (Lipinski definition) is 3. The van der Waals surface area contributed by atoms with Crippen LogP contribution in [-0.2, 0) is 4.79 Å². The van der Waals surface area contributed by atoms with E-state index in [0.29, 0.717) is 18.1 Å². The average Bonchev–Trinajstić information content (AvgIpc) is 2.64. The Balaban J connectivity index is 1.86. The molecule has 0 fully saturated rings. The molecule has 0 unspecified atom stereocenters. The molecule has 5 heteroatoms. The average molecular weight is 427 g/mol. The van der Waals surface area contributed by atoms with Gasteiger partial charge >= 0.3 is 0 Å². The van der Waals surface area contributed by atoms with Gasteiger partial charge in [0.1, 0.15) is 5.75 Å². The van der Waals surface area contributed by atoms with E-state index in [2.05, 4.69) is 48.7 Å². The van der Waals surface area contributed by atoms with E-state index in [0.717, 1.165) is 34.5 Å². The predicted molar refractivity (Wildman–Crippen MR) is 129 cm³/mol. The molecule has 0 spiro atoms. The van der Waals surface area contributed by atoms with E-state index in [-0.39, 0.29) is 5.91 Å². The van der Waals surface area contributed by atoms with Crippen LogP contribution in [0, 0.1) is 40.0 Å². The van der Waals surface area contributed by atoms with Crippen molar-refractivity contribution in [2.75, 3.05) is 11.9 Å². The number of nitrogens with one attached hydrogen (secondary N) is 2. The van der Waals surface area contributed by atoms with Crippen molar-refractivity contribution in [1.82, 2.24) is 5.32 Å². The summed E-state index contributed by atoms with van der Waals surface area (Å²) in [6.07, 6.45) is 1.49. The fourth-order valence-electron chi connectivity index (χ4n) is 3.47. The lowest BCUT2D eigenvalue weighted by Gasteiger charge is -2.24. The highest BCUT2D eigenvalue weighted by molar-refractivity contribution is 7.80. The van der Waals surface area contributed by atoms with Gasteiger partial charge in [-0.15, -0.1) is 0 Å². The Hall–Kier alpha value is -2.40. The Kier molecular flexibility index (Phi) is 8.02. The van der Waals surface area contributed by atoms with Crippen molar-refractivity contribution in [1.29, 1.82) is 0 Å². The summed E-state index contributed by atoms with van der Waals surface area (Å²) < 4.78 is 5.92. The highest BCUT2D eigenvalue weighted by Crippen LogP contribution is 2.25. The Labute approximate surface area is 186 Å². The summed E-state index contributed by atoms with van der Waals surface area (Å²) in [6.45, 7) is 14.7. The summed E-state index contributed by atoms with van der Waals surface area (Å²) in [5.74, 6) is 0.820. The lowest BCUT2D eigenvalue weighted by molar-refractivity contribution is -0.128. The van der Waals surface area contributed by atoms with Crippen molar-refractivity contribution in [3.8, 4) is 5.75 Å². The molecule has 2 aromatic carbocycles. The van der Waals surface area contributed by atoms with E-state index in [4.69, 9.17) is 17.0 Å². The summed E-state index contributed by atoms with van der Waals surface area (Å²) in [5, 5.41) is 6.37. The van der Waals surface area contributed by atoms with Crippen molar-refractivity contribution in [3.05, 3.63) is 58.1 Å². The zero-order chi connectivity index (χ0) is 22.5. The minimum absolute atomic E-state index is 0.0887. The Morgan fingerprint density at radius 3 is 2.23 bits per heavy atom. The molecule has 0 aliphatic rings. The number of anilines is 1. The first-order chi connectivity index (χ1) is 14.0. The second kappa shape index (κ2) is 10.1. The first-order valence-electron chi connectivity index (χ1n) is 10.4. The van der Waals surface area contributed by atoms with Gasteiger partial charge in [0.25, 0.3) is 0 Å². The number of amides is 1. The van der Waals surface area contributed by atoms with E-state index >= 15 is 0 Å². The molecule has 0 aliphatic carbocycles. The monoisotopic (exact) mass is 426 g/mol. The molecule has 30 heavy (non-hydrogen) atoms. The van der Waals surface area contributed by atoms with Crippen molar-refractivity contribution in [2.45, 2.75) is 61.3 Å². The van der Waals surface area contributed by atoms with Crippen LogP contribution in [0.1, 0.15) is 54.5 Å². The molecule has 2 aromatic rings. The fourth-order valence-corrected chi connectivity index (χ4v) is 3.66. The van der Waals surface area contributed by atoms with Gasteiger partial charge in [0.15, 0.2) is 5.11 Å². The van der Waals surface area contributed by atoms with Gasteiger partial charge in [-0.2, -0.15) is 0 Å². The minimum Gasteiger partial charge on any atom is -0.493 e. The molecular weight excluding hydrogens is 392 g/mol. The summed E-state index contributed by atoms with van der Waals surface area (Å²) >= 11 is 5.39. The molecule has 0 aromatic heterocycles. The van der Waals surface area contributed by atoms with Crippen molar-refractivity contribution < 1.29 is 9.53 Å². The number of carbonyl (C=O) groups excluding carboxylic acids is 1. The molecule has 0 saturated heterocycles. The van der Waals surface area contributed by atoms with Crippen LogP contribution in [0.15, 0.2) is 30.3 Å². The third-order valence-corrected chi connectivity index (χ3v) is 5.51. The fraction of sp³-hybridized carbons (Fsp3) is 0.440. The second-order valence-electron chi connectivity index (χ2n) is 8.79. The highest BCUT2D eigenvalue weighted by Gasteiger charge is 2.28. The van der Waals surface area contributed by atoms with Gasteiger partial charge in [0.05, 0.1) is 6.61 Å². The molecule has 2 N–H and O–H groups in total. The number of thiocarbonyl (C=S) groups is 1. The lowest BCUT2D eigenvalue weighted by atomic mass is 9.87. The molecule has 0 heterocycles. The number of rotatable bonds is 7. The van der Waals surface area contributed by atoms with Crippen LogP contribution in [0.3, 0.4) is 0 Å². The summed E-state index contributed by atoms with van der Waals surface area (Å²) in [5.41, 5.74) is 6.11. The molecular formula is C25H34N2O2S. The second-order valence-corrected chi connectivity index (χ2v) is 9.20. The Bertz CT molecular complexity index is 912. The molecule has 0 radical (unpaired) electrons. The van der Waals surface area contributed by atoms with Crippen LogP contribution in [0.5, 0.6) is 5.75 Å². The van der Waals surface area contributed by atoms with Crippen LogP contribution < -0.4 is 15.4 Å². The summed E-state index contributed by atoms with van der Waals surface area (Å²) in [6, 6.07) is 10.4. The quantitative estimate of drug-likeness (QED) is 0.426. The first-order valence-corrected chi connectivity index (χ1v) is 10.8. The van der Waals surface area contributed by atoms with Crippen LogP contribution in [0.4, 0.5) is 5.69 Å². The molecule has 0 bridgehead atoms. The zero-order valence-electron chi connectivity index (χ0n) is 19.2. The van der Waals surface area contributed by atoms with Crippen molar-refractivity contribution in [3.63, 3.8) is 0 Å². The third kappa shape index (κ3) is 6.56. The number of ether oxygens (including phenoxy) is 1. The van der Waals surface area contributed by atoms with E-state index in [1.54, 1.807) is 0 Å². The number of carbonyl (C=O) groups is 1. The summed E-state index contributed by atoms with van der Waals surface area (Å²) in [4.78, 5) is 12.8. The van der Waals surface area contributed by atoms with Crippen LogP contribution in [0.25, 0.3) is 0 Å². The van der Waals surface area contributed by atoms with Gasteiger partial charge in [-0.1, -0.05) is 43.7 Å². The van der Waals surface area contributed by atoms with Crippen LogP contribution >= 0.6 is 12.2 Å². The van der Waals surface area contributed by atoms with Gasteiger partial charge in [-0.3, -0.25) is 4.79 Å². The largest absolute Gasteiger partial charge is 0.493 e. The van der Waals surface area contributed by atoms with Crippen LogP contribution in [0.2, 0.25) is 0 Å². The lowest BCUT2D eigenvalue weighted by Crippen LogP contribution is -2.42. The molecule has 4 nitrogen and oxygen atoms in total. The zero-order valence-corrected chi connectivity index (χ0v) is 20.0. The molecule has 1 amide bonds. The standard InChI is InChI=1S/C25H34N2O2S/c1-16-9-10-18(3)21(15-16)29-12-8-11-25(6,7)23(28)27-24(30)26-22-19(4)13-17(2)14-20(22)5/h9-10,13-15H,8,11-12H2,1-7H3,(H2,26,27,28,30).